The molecule has 29 heavy (non-hydrogen) atoms. The monoisotopic (exact) mass is 394 g/mol. The summed E-state index contributed by atoms with van der Waals surface area (Å²) < 4.78 is 6.18. The van der Waals surface area contributed by atoms with Crippen molar-refractivity contribution >= 4 is 28.1 Å². The predicted molar refractivity (Wildman–Crippen MR) is 108 cm³/mol. The van der Waals surface area contributed by atoms with Crippen LogP contribution in [0.15, 0.2) is 65.2 Å². The second kappa shape index (κ2) is 7.97. The Balaban J connectivity index is 2.55. The number of benzene rings is 2. The lowest BCUT2D eigenvalue weighted by Gasteiger charge is -2.16. The molecule has 0 bridgehead atoms. The van der Waals surface area contributed by atoms with Gasteiger partial charge in [0.2, 0.25) is 0 Å². The highest BCUT2D eigenvalue weighted by Gasteiger charge is 2.33. The van der Waals surface area contributed by atoms with Gasteiger partial charge in [-0.3, -0.25) is 19.5 Å². The molecule has 0 aliphatic heterocycles. The van der Waals surface area contributed by atoms with Crippen LogP contribution in [0.1, 0.15) is 19.4 Å². The number of carbonyl (C=O) groups excluding carboxylic acids is 1. The molecule has 0 fully saturated rings. The summed E-state index contributed by atoms with van der Waals surface area (Å²) >= 11 is 0. The maximum Gasteiger partial charge on any atom is 0.343 e. The van der Waals surface area contributed by atoms with E-state index in [4.69, 9.17) is 4.74 Å². The number of aliphatic hydroxyl groups is 1. The lowest BCUT2D eigenvalue weighted by Crippen LogP contribution is -2.25. The van der Waals surface area contributed by atoms with E-state index in [0.717, 1.165) is 0 Å². The molecule has 0 atom stereocenters. The molecule has 3 aromatic rings. The smallest absolute Gasteiger partial charge is 0.343 e. The Morgan fingerprint density at radius 1 is 1.14 bits per heavy atom. The van der Waals surface area contributed by atoms with Gasteiger partial charge in [0, 0.05) is 11.1 Å². The zero-order valence-electron chi connectivity index (χ0n) is 15.8. The van der Waals surface area contributed by atoms with Crippen molar-refractivity contribution in [3.63, 3.8) is 0 Å². The van der Waals surface area contributed by atoms with Crippen molar-refractivity contribution in [3.8, 4) is 5.69 Å². The number of carbonyl (C=O) groups is 1. The Hall–Kier alpha value is -3.94. The summed E-state index contributed by atoms with van der Waals surface area (Å²) in [5.74, 6) is -1.42. The molecule has 0 aliphatic carbocycles. The van der Waals surface area contributed by atoms with Crippen LogP contribution in [0.4, 0.5) is 5.69 Å². The number of esters is 1. The summed E-state index contributed by atoms with van der Waals surface area (Å²) in [5, 5.41) is 22.3. The quantitative estimate of drug-likeness (QED) is 0.232. The molecule has 148 valence electrons. The Morgan fingerprint density at radius 2 is 1.76 bits per heavy atom. The normalized spacial score (nSPS) is 11.8. The molecule has 0 amide bonds. The number of ether oxygens (including phenoxy) is 1. The number of nitro groups is 1. The number of aromatic nitrogens is 1. The van der Waals surface area contributed by atoms with Crippen LogP contribution in [0.25, 0.3) is 22.2 Å². The van der Waals surface area contributed by atoms with E-state index in [-0.39, 0.29) is 17.6 Å². The van der Waals surface area contributed by atoms with Crippen LogP contribution in [0.3, 0.4) is 0 Å². The van der Waals surface area contributed by atoms with Gasteiger partial charge in [-0.1, -0.05) is 36.4 Å². The minimum Gasteiger partial charge on any atom is -0.512 e. The Morgan fingerprint density at radius 3 is 2.34 bits per heavy atom. The van der Waals surface area contributed by atoms with Crippen LogP contribution in [0.2, 0.25) is 0 Å². The first-order valence-electron chi connectivity index (χ1n) is 8.83. The van der Waals surface area contributed by atoms with Crippen LogP contribution < -0.4 is 5.56 Å². The van der Waals surface area contributed by atoms with Gasteiger partial charge < -0.3 is 9.84 Å². The van der Waals surface area contributed by atoms with E-state index < -0.39 is 33.5 Å². The first-order chi connectivity index (χ1) is 13.9. The lowest BCUT2D eigenvalue weighted by atomic mass is 9.97. The zero-order valence-corrected chi connectivity index (χ0v) is 15.8. The first kappa shape index (κ1) is 19.8. The minimum absolute atomic E-state index is 0.00241. The zero-order chi connectivity index (χ0) is 21.1. The number of pyridine rings is 1. The van der Waals surface area contributed by atoms with E-state index in [2.05, 4.69) is 0 Å². The fraction of sp³-hybridized carbons (Fsp3) is 0.143. The number of rotatable bonds is 5. The average molecular weight is 394 g/mol. The molecule has 0 radical (unpaired) electrons. The summed E-state index contributed by atoms with van der Waals surface area (Å²) in [5.41, 5.74) is -1.62. The van der Waals surface area contributed by atoms with E-state index in [1.807, 2.05) is 0 Å². The van der Waals surface area contributed by atoms with Crippen LogP contribution >= 0.6 is 0 Å². The molecule has 3 rings (SSSR count). The second-order valence-electron chi connectivity index (χ2n) is 6.15. The van der Waals surface area contributed by atoms with Gasteiger partial charge in [0.15, 0.2) is 0 Å². The third-order valence-electron chi connectivity index (χ3n) is 4.35. The number of aliphatic hydroxyl groups excluding tert-OH is 1. The molecule has 0 saturated heterocycles. The molecule has 0 spiro atoms. The van der Waals surface area contributed by atoms with Crippen molar-refractivity contribution in [1.29, 1.82) is 0 Å². The highest BCUT2D eigenvalue weighted by atomic mass is 16.6. The minimum atomic E-state index is -0.947. The van der Waals surface area contributed by atoms with Crippen LogP contribution in [0.5, 0.6) is 0 Å². The van der Waals surface area contributed by atoms with Gasteiger partial charge in [-0.15, -0.1) is 0 Å². The van der Waals surface area contributed by atoms with E-state index >= 15 is 0 Å². The van der Waals surface area contributed by atoms with Gasteiger partial charge in [-0.25, -0.2) is 4.79 Å². The highest BCUT2D eigenvalue weighted by molar-refractivity contribution is 6.22. The van der Waals surface area contributed by atoms with Crippen LogP contribution in [-0.4, -0.2) is 27.2 Å². The van der Waals surface area contributed by atoms with Crippen molar-refractivity contribution in [3.05, 3.63) is 86.4 Å². The summed E-state index contributed by atoms with van der Waals surface area (Å²) in [6.07, 6.45) is 0. The SMILES string of the molecule is CCOC(=O)C(=C(C)O)c1c([N+](=O)[O-])c(=O)n(-c2ccccc2)c2ccccc12. The molecular weight excluding hydrogens is 376 g/mol. The molecule has 1 N–H and O–H groups in total. The molecule has 8 heteroatoms. The molecule has 0 saturated carbocycles. The third-order valence-corrected chi connectivity index (χ3v) is 4.35. The summed E-state index contributed by atoms with van der Waals surface area (Å²) in [4.78, 5) is 36.8. The number of hydrogen-bond acceptors (Lipinski definition) is 6. The molecule has 0 aliphatic rings. The maximum absolute atomic E-state index is 13.2. The third kappa shape index (κ3) is 3.47. The largest absolute Gasteiger partial charge is 0.512 e. The fourth-order valence-electron chi connectivity index (χ4n) is 3.22. The molecule has 2 aromatic carbocycles. The van der Waals surface area contributed by atoms with Gasteiger partial charge in [0.1, 0.15) is 11.3 Å². The van der Waals surface area contributed by atoms with Gasteiger partial charge in [0.05, 0.1) is 22.6 Å². The molecule has 8 nitrogen and oxygen atoms in total. The van der Waals surface area contributed by atoms with E-state index in [1.54, 1.807) is 61.5 Å². The van der Waals surface area contributed by atoms with Crippen molar-refractivity contribution < 1.29 is 19.6 Å². The molecule has 0 unspecified atom stereocenters. The predicted octanol–water partition coefficient (Wildman–Crippen LogP) is 3.75. The fourth-order valence-corrected chi connectivity index (χ4v) is 3.22. The first-order valence-corrected chi connectivity index (χ1v) is 8.83. The van der Waals surface area contributed by atoms with Crippen LogP contribution in [0, 0.1) is 10.1 Å². The number of para-hydroxylation sites is 2. The van der Waals surface area contributed by atoms with Gasteiger partial charge in [-0.2, -0.15) is 0 Å². The van der Waals surface area contributed by atoms with Gasteiger partial charge >= 0.3 is 17.2 Å². The molecular formula is C21H18N2O6. The maximum atomic E-state index is 13.2. The lowest BCUT2D eigenvalue weighted by molar-refractivity contribution is -0.386. The van der Waals surface area contributed by atoms with E-state index in [1.165, 1.54) is 11.5 Å². The van der Waals surface area contributed by atoms with Gasteiger partial charge in [0.25, 0.3) is 0 Å². The average Bonchev–Trinajstić information content (AvgIpc) is 2.68. The van der Waals surface area contributed by atoms with Crippen molar-refractivity contribution in [2.24, 2.45) is 0 Å². The molecule has 1 heterocycles. The van der Waals surface area contributed by atoms with Crippen molar-refractivity contribution in [2.75, 3.05) is 6.61 Å². The van der Waals surface area contributed by atoms with E-state index in [0.29, 0.717) is 11.2 Å². The van der Waals surface area contributed by atoms with Gasteiger partial charge in [-0.05, 0) is 32.0 Å². The van der Waals surface area contributed by atoms with Crippen LogP contribution in [-0.2, 0) is 9.53 Å². The number of hydrogen-bond donors (Lipinski definition) is 1. The van der Waals surface area contributed by atoms with Crippen molar-refractivity contribution in [1.82, 2.24) is 4.57 Å². The second-order valence-corrected chi connectivity index (χ2v) is 6.15. The number of allylic oxidation sites excluding steroid dienone is 1. The Labute approximate surface area is 165 Å². The Kier molecular flexibility index (Phi) is 5.45. The van der Waals surface area contributed by atoms with Crippen molar-refractivity contribution in [2.45, 2.75) is 13.8 Å². The Bertz CT molecular complexity index is 1190. The molecule has 1 aromatic heterocycles. The standard InChI is InChI=1S/C21H18N2O6/c1-3-29-21(26)17(13(2)24)18-15-11-7-8-12-16(15)22(14-9-5-4-6-10-14)20(25)19(18)23(27)28/h4-12,24H,3H2,1-2H3. The summed E-state index contributed by atoms with van der Waals surface area (Å²) in [6.45, 7) is 2.79. The van der Waals surface area contributed by atoms with E-state index in [9.17, 15) is 24.8 Å². The number of nitrogens with zero attached hydrogens (tertiary/aromatic N) is 2. The number of fused-ring (bicyclic) bond motifs is 1. The highest BCUT2D eigenvalue weighted by Crippen LogP contribution is 2.34. The topological polar surface area (TPSA) is 112 Å². The summed E-state index contributed by atoms with van der Waals surface area (Å²) in [7, 11) is 0. The summed E-state index contributed by atoms with van der Waals surface area (Å²) in [6, 6.07) is 15.0.